The van der Waals surface area contributed by atoms with Crippen LogP contribution in [0.15, 0.2) is 48.5 Å². The molecule has 1 atom stereocenters. The Hall–Kier alpha value is -2.31. The fourth-order valence-corrected chi connectivity index (χ4v) is 4.09. The third-order valence-corrected chi connectivity index (χ3v) is 5.40. The maximum Gasteiger partial charge on any atom is 0.124 e. The molecule has 24 heavy (non-hydrogen) atoms. The smallest absolute Gasteiger partial charge is 0.124 e. The number of hydrogen-bond donors (Lipinski definition) is 0. The zero-order valence-corrected chi connectivity index (χ0v) is 13.9. The van der Waals surface area contributed by atoms with Gasteiger partial charge in [0, 0.05) is 12.1 Å². The van der Waals surface area contributed by atoms with Gasteiger partial charge < -0.3 is 9.64 Å². The lowest BCUT2D eigenvalue weighted by Gasteiger charge is -2.30. The number of benzene rings is 2. The van der Waals surface area contributed by atoms with E-state index in [0.29, 0.717) is 6.61 Å². The lowest BCUT2D eigenvalue weighted by atomic mass is 9.71. The Morgan fingerprint density at radius 1 is 1.00 bits per heavy atom. The fourth-order valence-electron chi connectivity index (χ4n) is 4.09. The summed E-state index contributed by atoms with van der Waals surface area (Å²) in [5, 5.41) is 10.3. The monoisotopic (exact) mass is 318 g/mol. The third kappa shape index (κ3) is 2.48. The van der Waals surface area contributed by atoms with E-state index in [2.05, 4.69) is 29.2 Å². The van der Waals surface area contributed by atoms with E-state index in [1.54, 1.807) is 0 Å². The Morgan fingerprint density at radius 2 is 1.71 bits per heavy atom. The summed E-state index contributed by atoms with van der Waals surface area (Å²) >= 11 is 0. The van der Waals surface area contributed by atoms with Crippen molar-refractivity contribution in [3.63, 3.8) is 0 Å². The van der Waals surface area contributed by atoms with Gasteiger partial charge in [-0.3, -0.25) is 0 Å². The first kappa shape index (κ1) is 15.2. The summed E-state index contributed by atoms with van der Waals surface area (Å²) in [6, 6.07) is 19.0. The summed E-state index contributed by atoms with van der Waals surface area (Å²) in [4.78, 5) is 2.48. The number of hydrogen-bond acceptors (Lipinski definition) is 3. The minimum absolute atomic E-state index is 0.528. The van der Waals surface area contributed by atoms with Gasteiger partial charge in [0.2, 0.25) is 0 Å². The van der Waals surface area contributed by atoms with Crippen molar-refractivity contribution in [2.75, 3.05) is 19.6 Å². The van der Waals surface area contributed by atoms with Crippen LogP contribution in [0.2, 0.25) is 0 Å². The van der Waals surface area contributed by atoms with Gasteiger partial charge in [-0.15, -0.1) is 0 Å². The van der Waals surface area contributed by atoms with E-state index in [1.807, 2.05) is 30.3 Å². The van der Waals surface area contributed by atoms with Crippen LogP contribution >= 0.6 is 0 Å². The molecule has 1 fully saturated rings. The van der Waals surface area contributed by atoms with E-state index >= 15 is 0 Å². The highest BCUT2D eigenvalue weighted by Gasteiger charge is 2.40. The highest BCUT2D eigenvalue weighted by atomic mass is 16.5. The highest BCUT2D eigenvalue weighted by Crippen LogP contribution is 2.44. The molecule has 2 aromatic rings. The number of ether oxygens (including phenoxy) is 1. The van der Waals surface area contributed by atoms with Crippen LogP contribution in [0.1, 0.15) is 36.0 Å². The molecule has 2 aliphatic heterocycles. The van der Waals surface area contributed by atoms with Crippen LogP contribution in [0.25, 0.3) is 0 Å². The SMILES string of the molecule is N#CC1(CCN2CCCC2)c2ccccc2COc2ccccc21. The summed E-state index contributed by atoms with van der Waals surface area (Å²) in [6.45, 7) is 3.79. The van der Waals surface area contributed by atoms with E-state index in [1.165, 1.54) is 12.8 Å². The normalized spacial score (nSPS) is 22.8. The van der Waals surface area contributed by atoms with Gasteiger partial charge in [0.1, 0.15) is 17.8 Å². The highest BCUT2D eigenvalue weighted by molar-refractivity contribution is 5.55. The lowest BCUT2D eigenvalue weighted by molar-refractivity contribution is 0.303. The summed E-state index contributed by atoms with van der Waals surface area (Å²) in [6.07, 6.45) is 3.35. The lowest BCUT2D eigenvalue weighted by Crippen LogP contribution is -2.32. The maximum absolute atomic E-state index is 10.3. The van der Waals surface area contributed by atoms with Crippen LogP contribution in [-0.2, 0) is 12.0 Å². The minimum Gasteiger partial charge on any atom is -0.489 e. The van der Waals surface area contributed by atoms with E-state index in [9.17, 15) is 5.26 Å². The molecule has 0 aromatic heterocycles. The van der Waals surface area contributed by atoms with Gasteiger partial charge >= 0.3 is 0 Å². The first-order valence-electron chi connectivity index (χ1n) is 8.78. The van der Waals surface area contributed by atoms with Crippen LogP contribution in [0.5, 0.6) is 5.75 Å². The molecular formula is C21H22N2O. The number of para-hydroxylation sites is 1. The molecule has 1 unspecified atom stereocenters. The predicted molar refractivity (Wildman–Crippen MR) is 93.9 cm³/mol. The number of likely N-dealkylation sites (tertiary alicyclic amines) is 1. The molecule has 122 valence electrons. The number of nitriles is 1. The third-order valence-electron chi connectivity index (χ3n) is 5.40. The molecule has 0 radical (unpaired) electrons. The molecule has 3 heteroatoms. The number of fused-ring (bicyclic) bond motifs is 2. The molecule has 2 heterocycles. The van der Waals surface area contributed by atoms with Gasteiger partial charge in [-0.05, 0) is 49.5 Å². The van der Waals surface area contributed by atoms with Gasteiger partial charge in [0.05, 0.1) is 6.07 Å². The fraction of sp³-hybridized carbons (Fsp3) is 0.381. The van der Waals surface area contributed by atoms with Crippen molar-refractivity contribution >= 4 is 0 Å². The van der Waals surface area contributed by atoms with Crippen molar-refractivity contribution in [3.05, 3.63) is 65.2 Å². The molecule has 0 saturated carbocycles. The first-order chi connectivity index (χ1) is 11.8. The molecule has 4 rings (SSSR count). The van der Waals surface area contributed by atoms with Crippen LogP contribution in [-0.4, -0.2) is 24.5 Å². The van der Waals surface area contributed by atoms with Gasteiger partial charge in [-0.25, -0.2) is 0 Å². The molecular weight excluding hydrogens is 296 g/mol. The molecule has 0 spiro atoms. The van der Waals surface area contributed by atoms with Gasteiger partial charge in [-0.1, -0.05) is 42.5 Å². The summed E-state index contributed by atoms with van der Waals surface area (Å²) in [5.74, 6) is 0.844. The Morgan fingerprint density at radius 3 is 2.50 bits per heavy atom. The quantitative estimate of drug-likeness (QED) is 0.862. The van der Waals surface area contributed by atoms with Crippen molar-refractivity contribution in [2.45, 2.75) is 31.3 Å². The van der Waals surface area contributed by atoms with Crippen molar-refractivity contribution in [1.29, 1.82) is 5.26 Å². The predicted octanol–water partition coefficient (Wildman–Crippen LogP) is 3.87. The Bertz CT molecular complexity index is 724. The summed E-state index contributed by atoms with van der Waals surface area (Å²) in [5.41, 5.74) is 2.61. The van der Waals surface area contributed by atoms with Crippen molar-refractivity contribution in [1.82, 2.24) is 4.90 Å². The first-order valence-corrected chi connectivity index (χ1v) is 8.78. The standard InChI is InChI=1S/C21H22N2O/c22-16-21(11-14-23-12-5-6-13-23)18-8-2-1-7-17(18)15-24-20-10-4-3-9-19(20)21/h1-4,7-10H,5-6,11-15H2. The van der Waals surface area contributed by atoms with Gasteiger partial charge in [-0.2, -0.15) is 5.26 Å². The molecule has 0 bridgehead atoms. The second kappa shape index (κ2) is 6.30. The summed E-state index contributed by atoms with van der Waals surface area (Å²) in [7, 11) is 0. The topological polar surface area (TPSA) is 36.3 Å². The maximum atomic E-state index is 10.3. The Kier molecular flexibility index (Phi) is 4.00. The second-order valence-electron chi connectivity index (χ2n) is 6.76. The van der Waals surface area contributed by atoms with Crippen LogP contribution in [0.4, 0.5) is 0 Å². The summed E-state index contributed by atoms with van der Waals surface area (Å²) < 4.78 is 6.04. The average Bonchev–Trinajstić information content (AvgIpc) is 3.11. The van der Waals surface area contributed by atoms with Crippen molar-refractivity contribution in [3.8, 4) is 11.8 Å². The molecule has 1 saturated heterocycles. The van der Waals surface area contributed by atoms with Crippen molar-refractivity contribution < 1.29 is 4.74 Å². The molecule has 0 N–H and O–H groups in total. The second-order valence-corrected chi connectivity index (χ2v) is 6.76. The molecule has 0 aliphatic carbocycles. The molecule has 2 aliphatic rings. The van der Waals surface area contributed by atoms with E-state index in [-0.39, 0.29) is 0 Å². The number of rotatable bonds is 3. The van der Waals surface area contributed by atoms with E-state index < -0.39 is 5.41 Å². The van der Waals surface area contributed by atoms with Gasteiger partial charge in [0.25, 0.3) is 0 Å². The van der Waals surface area contributed by atoms with Gasteiger partial charge in [0.15, 0.2) is 0 Å². The molecule has 0 amide bonds. The van der Waals surface area contributed by atoms with Crippen LogP contribution < -0.4 is 4.74 Å². The zero-order chi connectivity index (χ0) is 16.4. The van der Waals surface area contributed by atoms with E-state index in [0.717, 1.165) is 48.5 Å². The Balaban J connectivity index is 1.82. The van der Waals surface area contributed by atoms with Crippen LogP contribution in [0.3, 0.4) is 0 Å². The Labute approximate surface area is 143 Å². The minimum atomic E-state index is -0.633. The van der Waals surface area contributed by atoms with Crippen molar-refractivity contribution in [2.24, 2.45) is 0 Å². The van der Waals surface area contributed by atoms with E-state index in [4.69, 9.17) is 4.74 Å². The molecule has 3 nitrogen and oxygen atoms in total. The number of nitrogens with zero attached hydrogens (tertiary/aromatic N) is 2. The van der Waals surface area contributed by atoms with Crippen LogP contribution in [0, 0.1) is 11.3 Å². The molecule has 2 aromatic carbocycles. The average molecular weight is 318 g/mol. The largest absolute Gasteiger partial charge is 0.489 e. The zero-order valence-electron chi connectivity index (χ0n) is 13.9.